The van der Waals surface area contributed by atoms with Crippen molar-refractivity contribution in [3.63, 3.8) is 0 Å². The minimum absolute atomic E-state index is 0.0901. The molecule has 184 valence electrons. The molecule has 1 aliphatic heterocycles. The molecule has 6 nitrogen and oxygen atoms in total. The second-order valence-electron chi connectivity index (χ2n) is 9.12. The highest BCUT2D eigenvalue weighted by atomic mass is 35.5. The molecule has 0 spiro atoms. The lowest BCUT2D eigenvalue weighted by Crippen LogP contribution is -2.41. The van der Waals surface area contributed by atoms with Crippen LogP contribution in [0.3, 0.4) is 0 Å². The number of ether oxygens (including phenoxy) is 1. The number of carboxylic acids is 1. The predicted molar refractivity (Wildman–Crippen MR) is 139 cm³/mol. The number of aliphatic carboxylic acids is 1. The number of carbonyl (C=O) groups is 1. The van der Waals surface area contributed by atoms with Gasteiger partial charge in [0.25, 0.3) is 0 Å². The van der Waals surface area contributed by atoms with Gasteiger partial charge in [-0.25, -0.2) is 0 Å². The van der Waals surface area contributed by atoms with Crippen molar-refractivity contribution >= 4 is 39.8 Å². The van der Waals surface area contributed by atoms with Crippen LogP contribution < -0.4 is 4.74 Å². The summed E-state index contributed by atoms with van der Waals surface area (Å²) in [6.45, 7) is 2.25. The van der Waals surface area contributed by atoms with Gasteiger partial charge in [0, 0.05) is 28.1 Å². The second kappa shape index (κ2) is 11.4. The summed E-state index contributed by atoms with van der Waals surface area (Å²) in [6, 6.07) is 7.49. The third kappa shape index (κ3) is 6.33. The molecule has 0 aliphatic carbocycles. The number of rotatable bonds is 8. The molecule has 2 aromatic heterocycles. The number of nitrogens with zero attached hydrogens (tertiary/aromatic N) is 2. The Morgan fingerprint density at radius 2 is 2.14 bits per heavy atom. The van der Waals surface area contributed by atoms with Crippen molar-refractivity contribution in [2.24, 2.45) is 5.41 Å². The highest BCUT2D eigenvalue weighted by Crippen LogP contribution is 2.43. The van der Waals surface area contributed by atoms with E-state index in [1.54, 1.807) is 24.6 Å². The van der Waals surface area contributed by atoms with Crippen molar-refractivity contribution in [3.05, 3.63) is 57.4 Å². The fourth-order valence-corrected chi connectivity index (χ4v) is 5.70. The molecule has 0 radical (unpaired) electrons. The first-order chi connectivity index (χ1) is 16.9. The van der Waals surface area contributed by atoms with Crippen LogP contribution in [-0.4, -0.2) is 52.8 Å². The molecular weight excluding hydrogens is 484 g/mol. The van der Waals surface area contributed by atoms with Gasteiger partial charge < -0.3 is 14.9 Å². The zero-order valence-corrected chi connectivity index (χ0v) is 21.2. The minimum atomic E-state index is -0.833. The molecule has 3 aromatic rings. The Hall–Kier alpha value is -2.63. The fraction of sp³-hybridized carbons (Fsp3) is 0.407. The standard InChI is InChI=1S/C27H29ClN2O4S/c1-34-20-4-5-23-21(15-20)26(22(28)17-29-23)24(31)6-8-27(16-25(32)33)9-12-30(13-10-27)11-2-3-19-7-14-35-18-19/h4-5,7,14-15,17-18,24,31H,6,8-13,16H2,1H3,(H,32,33)/t24-/m0/s1. The van der Waals surface area contributed by atoms with Gasteiger partial charge in [0.15, 0.2) is 0 Å². The summed E-state index contributed by atoms with van der Waals surface area (Å²) in [5.74, 6) is 6.26. The lowest BCUT2D eigenvalue weighted by molar-refractivity contribution is -0.141. The van der Waals surface area contributed by atoms with Crippen LogP contribution in [0.25, 0.3) is 10.9 Å². The van der Waals surface area contributed by atoms with E-state index in [9.17, 15) is 15.0 Å². The Morgan fingerprint density at radius 1 is 1.34 bits per heavy atom. The second-order valence-corrected chi connectivity index (χ2v) is 10.3. The van der Waals surface area contributed by atoms with Gasteiger partial charge in [-0.3, -0.25) is 14.7 Å². The van der Waals surface area contributed by atoms with Gasteiger partial charge in [-0.05, 0) is 73.8 Å². The number of benzene rings is 1. The third-order valence-corrected chi connectivity index (χ3v) is 7.83. The third-order valence-electron chi connectivity index (χ3n) is 6.85. The van der Waals surface area contributed by atoms with Gasteiger partial charge in [0.2, 0.25) is 0 Å². The number of likely N-dealkylation sites (tertiary alicyclic amines) is 1. The maximum Gasteiger partial charge on any atom is 0.303 e. The van der Waals surface area contributed by atoms with Gasteiger partial charge in [-0.1, -0.05) is 23.4 Å². The van der Waals surface area contributed by atoms with Crippen LogP contribution in [0.5, 0.6) is 5.75 Å². The Bertz CT molecular complexity index is 1230. The lowest BCUT2D eigenvalue weighted by atomic mass is 9.71. The predicted octanol–water partition coefficient (Wildman–Crippen LogP) is 5.38. The number of hydrogen-bond acceptors (Lipinski definition) is 6. The minimum Gasteiger partial charge on any atom is -0.497 e. The Balaban J connectivity index is 1.44. The van der Waals surface area contributed by atoms with E-state index >= 15 is 0 Å². The summed E-state index contributed by atoms with van der Waals surface area (Å²) in [5, 5.41) is 26.0. The monoisotopic (exact) mass is 512 g/mol. The molecule has 1 aliphatic rings. The number of hydrogen-bond donors (Lipinski definition) is 2. The Kier molecular flexibility index (Phi) is 8.30. The first-order valence-corrected chi connectivity index (χ1v) is 13.0. The van der Waals surface area contributed by atoms with Crippen molar-refractivity contribution in [1.29, 1.82) is 0 Å². The van der Waals surface area contributed by atoms with E-state index in [4.69, 9.17) is 16.3 Å². The number of thiophene rings is 1. The summed E-state index contributed by atoms with van der Waals surface area (Å²) in [6.07, 6.45) is 3.33. The van der Waals surface area contributed by atoms with Crippen molar-refractivity contribution in [2.45, 2.75) is 38.2 Å². The van der Waals surface area contributed by atoms with Crippen molar-refractivity contribution in [2.75, 3.05) is 26.7 Å². The number of aromatic nitrogens is 1. The van der Waals surface area contributed by atoms with Crippen LogP contribution >= 0.6 is 22.9 Å². The molecule has 2 N–H and O–H groups in total. The highest BCUT2D eigenvalue weighted by Gasteiger charge is 2.37. The zero-order valence-electron chi connectivity index (χ0n) is 19.7. The van der Waals surface area contributed by atoms with Crippen LogP contribution in [0.1, 0.15) is 49.3 Å². The van der Waals surface area contributed by atoms with Crippen molar-refractivity contribution < 1.29 is 19.7 Å². The number of aliphatic hydroxyl groups excluding tert-OH is 1. The SMILES string of the molecule is COc1ccc2ncc(Cl)c([C@@H](O)CCC3(CC(=O)O)CCN(CC#Cc4ccsc4)CC3)c2c1. The van der Waals surface area contributed by atoms with E-state index in [1.165, 1.54) is 0 Å². The van der Waals surface area contributed by atoms with Crippen LogP contribution in [0.2, 0.25) is 5.02 Å². The van der Waals surface area contributed by atoms with E-state index in [-0.39, 0.29) is 11.8 Å². The molecule has 1 atom stereocenters. The molecule has 4 rings (SSSR count). The van der Waals surface area contributed by atoms with Crippen molar-refractivity contribution in [3.8, 4) is 17.6 Å². The molecule has 35 heavy (non-hydrogen) atoms. The maximum atomic E-state index is 11.7. The average Bonchev–Trinajstić information content (AvgIpc) is 3.36. The first kappa shape index (κ1) is 25.5. The van der Waals surface area contributed by atoms with Gasteiger partial charge in [-0.2, -0.15) is 11.3 Å². The summed E-state index contributed by atoms with van der Waals surface area (Å²) >= 11 is 8.09. The Labute approximate surface area is 214 Å². The van der Waals surface area contributed by atoms with E-state index in [2.05, 4.69) is 21.7 Å². The molecule has 0 unspecified atom stereocenters. The number of halogens is 1. The van der Waals surface area contributed by atoms with E-state index in [0.717, 1.165) is 42.4 Å². The smallest absolute Gasteiger partial charge is 0.303 e. The van der Waals surface area contributed by atoms with Gasteiger partial charge >= 0.3 is 5.97 Å². The van der Waals surface area contributed by atoms with Crippen molar-refractivity contribution in [1.82, 2.24) is 9.88 Å². The average molecular weight is 513 g/mol. The first-order valence-electron chi connectivity index (χ1n) is 11.6. The van der Waals surface area contributed by atoms with Crippen LogP contribution in [0.15, 0.2) is 41.2 Å². The number of carboxylic acid groups (broad SMARTS) is 1. The zero-order chi connectivity index (χ0) is 24.8. The number of methoxy groups -OCH3 is 1. The van der Waals surface area contributed by atoms with Crippen LogP contribution in [0, 0.1) is 17.3 Å². The van der Waals surface area contributed by atoms with Gasteiger partial charge in [0.1, 0.15) is 5.75 Å². The molecule has 0 saturated carbocycles. The molecule has 0 amide bonds. The number of piperidine rings is 1. The number of aliphatic hydroxyl groups is 1. The summed E-state index contributed by atoms with van der Waals surface area (Å²) < 4.78 is 5.34. The molecule has 0 bridgehead atoms. The van der Waals surface area contributed by atoms with E-state index < -0.39 is 12.1 Å². The highest BCUT2D eigenvalue weighted by molar-refractivity contribution is 7.08. The molecule has 1 aromatic carbocycles. The van der Waals surface area contributed by atoms with E-state index in [0.29, 0.717) is 35.7 Å². The Morgan fingerprint density at radius 3 is 2.83 bits per heavy atom. The lowest BCUT2D eigenvalue weighted by Gasteiger charge is -2.41. The molecular formula is C27H29ClN2O4S. The van der Waals surface area contributed by atoms with Crippen LogP contribution in [0.4, 0.5) is 0 Å². The normalized spacial score (nSPS) is 16.4. The van der Waals surface area contributed by atoms with Crippen LogP contribution in [-0.2, 0) is 4.79 Å². The number of pyridine rings is 1. The van der Waals surface area contributed by atoms with E-state index in [1.807, 2.05) is 35.0 Å². The maximum absolute atomic E-state index is 11.7. The molecule has 1 saturated heterocycles. The summed E-state index contributed by atoms with van der Waals surface area (Å²) in [5.41, 5.74) is 2.00. The molecule has 8 heteroatoms. The largest absolute Gasteiger partial charge is 0.497 e. The van der Waals surface area contributed by atoms with Gasteiger partial charge in [0.05, 0.1) is 36.7 Å². The quantitative estimate of drug-likeness (QED) is 0.394. The fourth-order valence-electron chi connectivity index (χ4n) is 4.83. The summed E-state index contributed by atoms with van der Waals surface area (Å²) in [7, 11) is 1.59. The molecule has 1 fully saturated rings. The topological polar surface area (TPSA) is 82.9 Å². The number of fused-ring (bicyclic) bond motifs is 1. The van der Waals surface area contributed by atoms with Gasteiger partial charge in [-0.15, -0.1) is 0 Å². The molecule has 3 heterocycles. The summed E-state index contributed by atoms with van der Waals surface area (Å²) in [4.78, 5) is 18.4.